The van der Waals surface area contributed by atoms with E-state index in [2.05, 4.69) is 24.0 Å². The molecule has 1 unspecified atom stereocenters. The molecule has 0 aliphatic rings. The largest absolute Gasteiger partial charge is 0.339 e. The maximum atomic E-state index is 5.66. The van der Waals surface area contributed by atoms with Crippen molar-refractivity contribution in [3.63, 3.8) is 0 Å². The van der Waals surface area contributed by atoms with Gasteiger partial charge in [0.1, 0.15) is 0 Å². The maximum Gasteiger partial charge on any atom is 0.231 e. The van der Waals surface area contributed by atoms with E-state index in [1.807, 2.05) is 6.26 Å². The number of hydrogen-bond donors (Lipinski definition) is 1. The van der Waals surface area contributed by atoms with Gasteiger partial charge in [0.25, 0.3) is 0 Å². The Labute approximate surface area is 88.6 Å². The lowest BCUT2D eigenvalue weighted by atomic mass is 9.96. The summed E-state index contributed by atoms with van der Waals surface area (Å²) in [6.07, 6.45) is 2.01. The van der Waals surface area contributed by atoms with Gasteiger partial charge >= 0.3 is 0 Å². The lowest BCUT2D eigenvalue weighted by Crippen LogP contribution is -2.18. The number of nitrogens with two attached hydrogens (primary N) is 1. The van der Waals surface area contributed by atoms with Gasteiger partial charge in [-0.05, 0) is 12.2 Å². The summed E-state index contributed by atoms with van der Waals surface area (Å²) >= 11 is 1.68. The lowest BCUT2D eigenvalue weighted by Gasteiger charge is -2.13. The first-order valence-corrected chi connectivity index (χ1v) is 6.10. The molecule has 0 aliphatic heterocycles. The van der Waals surface area contributed by atoms with Gasteiger partial charge in [-0.2, -0.15) is 16.7 Å². The topological polar surface area (TPSA) is 64.9 Å². The molecule has 1 atom stereocenters. The van der Waals surface area contributed by atoms with Gasteiger partial charge < -0.3 is 10.3 Å². The van der Waals surface area contributed by atoms with Crippen LogP contribution in [0.15, 0.2) is 4.52 Å². The van der Waals surface area contributed by atoms with Crippen molar-refractivity contribution in [3.05, 3.63) is 11.7 Å². The van der Waals surface area contributed by atoms with Gasteiger partial charge in [0.15, 0.2) is 5.82 Å². The summed E-state index contributed by atoms with van der Waals surface area (Å²) in [5.74, 6) is 2.83. The van der Waals surface area contributed by atoms with Crippen LogP contribution in [0.2, 0.25) is 0 Å². The van der Waals surface area contributed by atoms with Crippen molar-refractivity contribution >= 4 is 11.8 Å². The molecule has 0 amide bonds. The first-order valence-electron chi connectivity index (χ1n) is 4.70. The fourth-order valence-corrected chi connectivity index (χ4v) is 1.64. The van der Waals surface area contributed by atoms with E-state index in [4.69, 9.17) is 10.3 Å². The van der Waals surface area contributed by atoms with Gasteiger partial charge in [-0.1, -0.05) is 19.0 Å². The molecule has 0 saturated carbocycles. The van der Waals surface area contributed by atoms with Crippen LogP contribution in [0, 0.1) is 5.92 Å². The molecule has 1 rings (SSSR count). The van der Waals surface area contributed by atoms with Crippen molar-refractivity contribution in [1.82, 2.24) is 10.1 Å². The van der Waals surface area contributed by atoms with Crippen LogP contribution in [0.4, 0.5) is 0 Å². The minimum atomic E-state index is 0.179. The van der Waals surface area contributed by atoms with Crippen molar-refractivity contribution in [2.75, 3.05) is 12.8 Å². The first-order chi connectivity index (χ1) is 6.69. The zero-order valence-corrected chi connectivity index (χ0v) is 9.67. The molecular weight excluding hydrogens is 198 g/mol. The molecule has 1 aromatic heterocycles. The standard InChI is InChI=1S/C9H17N3OS/c1-6(2)7(4-10)9-11-8(5-14-3)12-13-9/h6-7H,4-5,10H2,1-3H3. The van der Waals surface area contributed by atoms with Crippen LogP contribution < -0.4 is 5.73 Å². The zero-order chi connectivity index (χ0) is 10.6. The first kappa shape index (κ1) is 11.5. The highest BCUT2D eigenvalue weighted by molar-refractivity contribution is 7.97. The highest BCUT2D eigenvalue weighted by Crippen LogP contribution is 2.21. The third-order valence-electron chi connectivity index (χ3n) is 2.13. The molecule has 0 radical (unpaired) electrons. The number of thioether (sulfide) groups is 1. The van der Waals surface area contributed by atoms with E-state index in [9.17, 15) is 0 Å². The van der Waals surface area contributed by atoms with Crippen LogP contribution in [0.25, 0.3) is 0 Å². The summed E-state index contributed by atoms with van der Waals surface area (Å²) in [6, 6.07) is 0. The average Bonchev–Trinajstić information content (AvgIpc) is 2.54. The van der Waals surface area contributed by atoms with Crippen LogP contribution in [-0.2, 0) is 5.75 Å². The van der Waals surface area contributed by atoms with Crippen molar-refractivity contribution in [2.24, 2.45) is 11.7 Å². The third-order valence-corrected chi connectivity index (χ3v) is 2.68. The van der Waals surface area contributed by atoms with E-state index >= 15 is 0 Å². The quantitative estimate of drug-likeness (QED) is 0.808. The van der Waals surface area contributed by atoms with Gasteiger partial charge in [0, 0.05) is 6.54 Å². The highest BCUT2D eigenvalue weighted by atomic mass is 32.2. The second kappa shape index (κ2) is 5.36. The molecular formula is C9H17N3OS. The van der Waals surface area contributed by atoms with E-state index in [1.54, 1.807) is 11.8 Å². The number of hydrogen-bond acceptors (Lipinski definition) is 5. The fourth-order valence-electron chi connectivity index (χ4n) is 1.26. The van der Waals surface area contributed by atoms with Crippen LogP contribution in [0.1, 0.15) is 31.5 Å². The molecule has 80 valence electrons. The van der Waals surface area contributed by atoms with Crippen LogP contribution in [0.5, 0.6) is 0 Å². The highest BCUT2D eigenvalue weighted by Gasteiger charge is 2.20. The second-order valence-corrected chi connectivity index (χ2v) is 4.43. The van der Waals surface area contributed by atoms with E-state index in [0.717, 1.165) is 11.6 Å². The Hall–Kier alpha value is -0.550. The molecule has 0 aliphatic carbocycles. The van der Waals surface area contributed by atoms with E-state index < -0.39 is 0 Å². The summed E-state index contributed by atoms with van der Waals surface area (Å²) in [5, 5.41) is 3.89. The molecule has 1 aromatic rings. The molecule has 1 heterocycles. The summed E-state index contributed by atoms with van der Waals surface area (Å²) in [6.45, 7) is 4.77. The predicted octanol–water partition coefficient (Wildman–Crippen LogP) is 1.63. The Morgan fingerprint density at radius 1 is 1.50 bits per heavy atom. The summed E-state index contributed by atoms with van der Waals surface area (Å²) < 4.78 is 5.18. The molecule has 0 fully saturated rings. The molecule has 0 spiro atoms. The van der Waals surface area contributed by atoms with Gasteiger partial charge in [-0.15, -0.1) is 0 Å². The van der Waals surface area contributed by atoms with Crippen molar-refractivity contribution in [2.45, 2.75) is 25.5 Å². The van der Waals surface area contributed by atoms with Crippen molar-refractivity contribution in [1.29, 1.82) is 0 Å². The minimum Gasteiger partial charge on any atom is -0.339 e. The van der Waals surface area contributed by atoms with Crippen LogP contribution in [0.3, 0.4) is 0 Å². The average molecular weight is 215 g/mol. The summed E-state index contributed by atoms with van der Waals surface area (Å²) in [4.78, 5) is 4.31. The number of nitrogens with zero attached hydrogens (tertiary/aromatic N) is 2. The molecule has 5 heteroatoms. The van der Waals surface area contributed by atoms with Gasteiger partial charge in [0.05, 0.1) is 11.7 Å². The van der Waals surface area contributed by atoms with Crippen molar-refractivity contribution in [3.8, 4) is 0 Å². The van der Waals surface area contributed by atoms with Crippen LogP contribution >= 0.6 is 11.8 Å². The minimum absolute atomic E-state index is 0.179. The lowest BCUT2D eigenvalue weighted by molar-refractivity contribution is 0.322. The summed E-state index contributed by atoms with van der Waals surface area (Å²) in [5.41, 5.74) is 5.66. The van der Waals surface area contributed by atoms with Gasteiger partial charge in [-0.3, -0.25) is 0 Å². The zero-order valence-electron chi connectivity index (χ0n) is 8.86. The SMILES string of the molecule is CSCc1noc(C(CN)C(C)C)n1. The molecule has 14 heavy (non-hydrogen) atoms. The van der Waals surface area contributed by atoms with Crippen LogP contribution in [-0.4, -0.2) is 22.9 Å². The smallest absolute Gasteiger partial charge is 0.231 e. The van der Waals surface area contributed by atoms with Crippen molar-refractivity contribution < 1.29 is 4.52 Å². The number of aromatic nitrogens is 2. The normalized spacial score (nSPS) is 13.5. The fraction of sp³-hybridized carbons (Fsp3) is 0.778. The molecule has 0 bridgehead atoms. The third kappa shape index (κ3) is 2.72. The van der Waals surface area contributed by atoms with E-state index in [-0.39, 0.29) is 5.92 Å². The Morgan fingerprint density at radius 3 is 2.71 bits per heavy atom. The Morgan fingerprint density at radius 2 is 2.21 bits per heavy atom. The Balaban J connectivity index is 2.73. The Kier molecular flexibility index (Phi) is 4.41. The monoisotopic (exact) mass is 215 g/mol. The predicted molar refractivity (Wildman–Crippen MR) is 58.2 cm³/mol. The van der Waals surface area contributed by atoms with E-state index in [0.29, 0.717) is 18.4 Å². The second-order valence-electron chi connectivity index (χ2n) is 3.57. The number of rotatable bonds is 5. The molecule has 0 aromatic carbocycles. The summed E-state index contributed by atoms with van der Waals surface area (Å²) in [7, 11) is 0. The molecule has 2 N–H and O–H groups in total. The van der Waals surface area contributed by atoms with E-state index in [1.165, 1.54) is 0 Å². The van der Waals surface area contributed by atoms with Gasteiger partial charge in [-0.25, -0.2) is 0 Å². The maximum absolute atomic E-state index is 5.66. The van der Waals surface area contributed by atoms with Gasteiger partial charge in [0.2, 0.25) is 5.89 Å². The molecule has 4 nitrogen and oxygen atoms in total. The Bertz CT molecular complexity index is 275. The molecule has 0 saturated heterocycles.